The molecule has 1 aliphatic rings. The second-order valence-corrected chi connectivity index (χ2v) is 9.79. The van der Waals surface area contributed by atoms with Crippen LogP contribution < -0.4 is 9.62 Å². The number of hydrogen-bond donors (Lipinski definition) is 1. The third-order valence-electron chi connectivity index (χ3n) is 4.61. The molecule has 1 aliphatic heterocycles. The van der Waals surface area contributed by atoms with Gasteiger partial charge in [0.25, 0.3) is 5.91 Å². The van der Waals surface area contributed by atoms with Crippen molar-refractivity contribution in [2.75, 3.05) is 31.1 Å². The highest BCUT2D eigenvalue weighted by Crippen LogP contribution is 2.21. The topological polar surface area (TPSA) is 69.7 Å². The molecule has 0 aromatic heterocycles. The molecule has 0 aliphatic carbocycles. The summed E-state index contributed by atoms with van der Waals surface area (Å²) in [5, 5.41) is 0. The summed E-state index contributed by atoms with van der Waals surface area (Å²) in [4.78, 5) is 16.5. The zero-order valence-corrected chi connectivity index (χ0v) is 17.7. The van der Waals surface area contributed by atoms with Gasteiger partial charge in [-0.1, -0.05) is 12.1 Å². The van der Waals surface area contributed by atoms with Gasteiger partial charge in [0.2, 0.25) is 10.0 Å². The van der Waals surface area contributed by atoms with Crippen LogP contribution in [0.2, 0.25) is 0 Å². The molecule has 0 saturated carbocycles. The average molecular weight is 420 g/mol. The van der Waals surface area contributed by atoms with Crippen molar-refractivity contribution in [3.8, 4) is 0 Å². The first kappa shape index (κ1) is 21.3. The third-order valence-corrected chi connectivity index (χ3v) is 6.39. The Morgan fingerprint density at radius 1 is 0.966 bits per heavy atom. The molecule has 1 saturated heterocycles. The van der Waals surface area contributed by atoms with Gasteiger partial charge in [-0.15, -0.1) is 0 Å². The minimum Gasteiger partial charge on any atom is -0.366 e. The first-order valence-corrected chi connectivity index (χ1v) is 11.0. The summed E-state index contributed by atoms with van der Waals surface area (Å²) in [5.41, 5.74) is 0.380. The largest absolute Gasteiger partial charge is 0.366 e. The maximum atomic E-state index is 14.0. The van der Waals surface area contributed by atoms with Crippen molar-refractivity contribution in [1.29, 1.82) is 0 Å². The summed E-state index contributed by atoms with van der Waals surface area (Å²) in [6.45, 7) is 7.32. The van der Waals surface area contributed by atoms with Crippen molar-refractivity contribution in [2.24, 2.45) is 0 Å². The van der Waals surface area contributed by atoms with Gasteiger partial charge in [0.05, 0.1) is 10.6 Å². The molecule has 6 nitrogen and oxygen atoms in total. The van der Waals surface area contributed by atoms with Gasteiger partial charge < -0.3 is 9.80 Å². The molecule has 1 fully saturated rings. The molecule has 2 aromatic rings. The Morgan fingerprint density at radius 3 is 2.10 bits per heavy atom. The zero-order valence-electron chi connectivity index (χ0n) is 16.9. The van der Waals surface area contributed by atoms with Crippen molar-refractivity contribution in [1.82, 2.24) is 9.62 Å². The Labute approximate surface area is 171 Å². The molecule has 3 rings (SSSR count). The highest BCUT2D eigenvalue weighted by atomic mass is 32.2. The van der Waals surface area contributed by atoms with Crippen LogP contribution in [0.25, 0.3) is 0 Å². The molecule has 0 atom stereocenters. The predicted molar refractivity (Wildman–Crippen MR) is 111 cm³/mol. The van der Waals surface area contributed by atoms with Crippen LogP contribution in [-0.4, -0.2) is 50.9 Å². The highest BCUT2D eigenvalue weighted by Gasteiger charge is 2.25. The molecular formula is C21H26FN3O3S. The van der Waals surface area contributed by atoms with E-state index in [1.165, 1.54) is 30.3 Å². The molecular weight excluding hydrogens is 393 g/mol. The number of benzene rings is 2. The average Bonchev–Trinajstić information content (AvgIpc) is 2.66. The van der Waals surface area contributed by atoms with Crippen LogP contribution in [0.1, 0.15) is 31.1 Å². The van der Waals surface area contributed by atoms with Gasteiger partial charge in [-0.2, -0.15) is 0 Å². The lowest BCUT2D eigenvalue weighted by Crippen LogP contribution is -2.49. The van der Waals surface area contributed by atoms with E-state index in [1.807, 2.05) is 4.90 Å². The molecule has 156 valence electrons. The minimum absolute atomic E-state index is 0.119. The van der Waals surface area contributed by atoms with Crippen molar-refractivity contribution in [3.63, 3.8) is 0 Å². The SMILES string of the molecule is CC(C)(C)NS(=O)(=O)c1ccc(C(=O)N2CCN(c3ccccc3F)CC2)cc1. The van der Waals surface area contributed by atoms with Crippen molar-refractivity contribution < 1.29 is 17.6 Å². The van der Waals surface area contributed by atoms with E-state index >= 15 is 0 Å². The number of para-hydroxylation sites is 1. The molecule has 0 radical (unpaired) electrons. The maximum Gasteiger partial charge on any atom is 0.253 e. The van der Waals surface area contributed by atoms with Crippen LogP contribution in [-0.2, 0) is 10.0 Å². The maximum absolute atomic E-state index is 14.0. The van der Waals surface area contributed by atoms with Crippen molar-refractivity contribution in [2.45, 2.75) is 31.2 Å². The lowest BCUT2D eigenvalue weighted by atomic mass is 10.1. The Bertz CT molecular complexity index is 977. The van der Waals surface area contributed by atoms with Crippen LogP contribution in [0, 0.1) is 5.82 Å². The van der Waals surface area contributed by atoms with E-state index in [-0.39, 0.29) is 16.6 Å². The van der Waals surface area contributed by atoms with E-state index in [0.717, 1.165) is 0 Å². The number of carbonyl (C=O) groups is 1. The number of anilines is 1. The fourth-order valence-electron chi connectivity index (χ4n) is 3.28. The molecule has 1 amide bonds. The molecule has 29 heavy (non-hydrogen) atoms. The lowest BCUT2D eigenvalue weighted by molar-refractivity contribution is 0.0746. The summed E-state index contributed by atoms with van der Waals surface area (Å²) in [6.07, 6.45) is 0. The number of amides is 1. The summed E-state index contributed by atoms with van der Waals surface area (Å²) in [7, 11) is -3.64. The second-order valence-electron chi connectivity index (χ2n) is 8.11. The van der Waals surface area contributed by atoms with Crippen LogP contribution in [0.3, 0.4) is 0 Å². The number of hydrogen-bond acceptors (Lipinski definition) is 4. The number of halogens is 1. The normalized spacial score (nSPS) is 15.4. The summed E-state index contributed by atoms with van der Waals surface area (Å²) >= 11 is 0. The Balaban J connectivity index is 1.65. The van der Waals surface area contributed by atoms with Gasteiger partial charge in [0.1, 0.15) is 5.82 Å². The quantitative estimate of drug-likeness (QED) is 0.827. The molecule has 0 bridgehead atoms. The molecule has 0 spiro atoms. The summed E-state index contributed by atoms with van der Waals surface area (Å²) in [5.74, 6) is -0.432. The Kier molecular flexibility index (Phi) is 5.95. The van der Waals surface area contributed by atoms with Gasteiger partial charge in [0.15, 0.2) is 0 Å². The fraction of sp³-hybridized carbons (Fsp3) is 0.381. The number of piperazine rings is 1. The predicted octanol–water partition coefficient (Wildman–Crippen LogP) is 2.86. The van der Waals surface area contributed by atoms with E-state index in [9.17, 15) is 17.6 Å². The number of nitrogens with one attached hydrogen (secondary N) is 1. The van der Waals surface area contributed by atoms with E-state index in [0.29, 0.717) is 37.4 Å². The number of rotatable bonds is 4. The zero-order chi connectivity index (χ0) is 21.2. The van der Waals surface area contributed by atoms with Gasteiger partial charge in [-0.25, -0.2) is 17.5 Å². The second kappa shape index (κ2) is 8.12. The van der Waals surface area contributed by atoms with Crippen LogP contribution >= 0.6 is 0 Å². The lowest BCUT2D eigenvalue weighted by Gasteiger charge is -2.36. The summed E-state index contributed by atoms with van der Waals surface area (Å²) in [6, 6.07) is 12.5. The molecule has 8 heteroatoms. The standard InChI is InChI=1S/C21H26FN3O3S/c1-21(2,3)23-29(27,28)17-10-8-16(9-11-17)20(26)25-14-12-24(13-15-25)19-7-5-4-6-18(19)22/h4-11,23H,12-15H2,1-3H3. The summed E-state index contributed by atoms with van der Waals surface area (Å²) < 4.78 is 41.3. The van der Waals surface area contributed by atoms with Crippen LogP contribution in [0.15, 0.2) is 53.4 Å². The van der Waals surface area contributed by atoms with Crippen molar-refractivity contribution in [3.05, 3.63) is 59.9 Å². The first-order chi connectivity index (χ1) is 13.6. The molecule has 1 N–H and O–H groups in total. The smallest absolute Gasteiger partial charge is 0.253 e. The minimum atomic E-state index is -3.64. The van der Waals surface area contributed by atoms with Gasteiger partial charge in [-0.3, -0.25) is 4.79 Å². The van der Waals surface area contributed by atoms with Crippen LogP contribution in [0.5, 0.6) is 0 Å². The Morgan fingerprint density at radius 2 is 1.55 bits per heavy atom. The monoisotopic (exact) mass is 419 g/mol. The Hall–Kier alpha value is -2.45. The highest BCUT2D eigenvalue weighted by molar-refractivity contribution is 7.89. The van der Waals surface area contributed by atoms with Crippen molar-refractivity contribution >= 4 is 21.6 Å². The van der Waals surface area contributed by atoms with E-state index < -0.39 is 15.6 Å². The van der Waals surface area contributed by atoms with Gasteiger partial charge in [-0.05, 0) is 57.2 Å². The van der Waals surface area contributed by atoms with Gasteiger partial charge >= 0.3 is 0 Å². The van der Waals surface area contributed by atoms with Gasteiger partial charge in [0, 0.05) is 37.3 Å². The molecule has 2 aromatic carbocycles. The van der Waals surface area contributed by atoms with E-state index in [4.69, 9.17) is 0 Å². The molecule has 1 heterocycles. The first-order valence-electron chi connectivity index (χ1n) is 9.50. The van der Waals surface area contributed by atoms with Crippen LogP contribution in [0.4, 0.5) is 10.1 Å². The fourth-order valence-corrected chi connectivity index (χ4v) is 4.70. The van der Waals surface area contributed by atoms with E-state index in [2.05, 4.69) is 4.72 Å². The number of carbonyl (C=O) groups excluding carboxylic acids is 1. The third kappa shape index (κ3) is 5.13. The van der Waals surface area contributed by atoms with E-state index in [1.54, 1.807) is 43.9 Å². The molecule has 0 unspecified atom stereocenters. The number of sulfonamides is 1. The number of nitrogens with zero attached hydrogens (tertiary/aromatic N) is 2.